The minimum atomic E-state index is -0.491. The third-order valence-electron chi connectivity index (χ3n) is 4.88. The molecule has 160 valence electrons. The summed E-state index contributed by atoms with van der Waals surface area (Å²) in [5.41, 5.74) is 2.51. The Hall–Kier alpha value is -3.06. The second kappa shape index (κ2) is 10.1. The molecule has 1 heterocycles. The molecule has 1 amide bonds. The number of nitrogens with zero attached hydrogens (tertiary/aromatic N) is 1. The van der Waals surface area contributed by atoms with Crippen LogP contribution < -0.4 is 14.2 Å². The van der Waals surface area contributed by atoms with Crippen molar-refractivity contribution in [2.75, 3.05) is 39.5 Å². The Balaban J connectivity index is 1.68. The third kappa shape index (κ3) is 5.51. The second-order valence-electron chi connectivity index (χ2n) is 7.01. The van der Waals surface area contributed by atoms with Gasteiger partial charge in [0.25, 0.3) is 5.91 Å². The molecular weight excluding hydrogens is 386 g/mol. The number of hydrogen-bond acceptors (Lipinski definition) is 6. The number of morpholine rings is 1. The van der Waals surface area contributed by atoms with Crippen molar-refractivity contribution in [1.82, 2.24) is 4.90 Å². The molecule has 2 aromatic carbocycles. The molecule has 0 bridgehead atoms. The average Bonchev–Trinajstić information content (AvgIpc) is 2.76. The van der Waals surface area contributed by atoms with Gasteiger partial charge < -0.3 is 23.8 Å². The quantitative estimate of drug-likeness (QED) is 0.513. The second-order valence-corrected chi connectivity index (χ2v) is 7.01. The first-order chi connectivity index (χ1) is 14.5. The van der Waals surface area contributed by atoms with E-state index < -0.39 is 5.97 Å². The first-order valence-electron chi connectivity index (χ1n) is 10.0. The zero-order valence-electron chi connectivity index (χ0n) is 17.6. The van der Waals surface area contributed by atoms with Gasteiger partial charge in [-0.05, 0) is 62.2 Å². The Kier molecular flexibility index (Phi) is 7.30. The fraction of sp³-hybridized carbons (Fsp3) is 0.391. The molecule has 0 radical (unpaired) electrons. The Labute approximate surface area is 176 Å². The fourth-order valence-corrected chi connectivity index (χ4v) is 3.01. The van der Waals surface area contributed by atoms with Crippen molar-refractivity contribution in [3.8, 4) is 17.2 Å². The van der Waals surface area contributed by atoms with E-state index in [9.17, 15) is 9.59 Å². The lowest BCUT2D eigenvalue weighted by Crippen LogP contribution is -2.43. The van der Waals surface area contributed by atoms with Crippen LogP contribution in [0.25, 0.3) is 0 Å². The molecule has 0 aromatic heterocycles. The van der Waals surface area contributed by atoms with Crippen LogP contribution >= 0.6 is 0 Å². The maximum Gasteiger partial charge on any atom is 0.343 e. The number of amides is 1. The monoisotopic (exact) mass is 413 g/mol. The van der Waals surface area contributed by atoms with Crippen molar-refractivity contribution < 1.29 is 28.5 Å². The number of carbonyl (C=O) groups is 2. The lowest BCUT2D eigenvalue weighted by Gasteiger charge is -2.26. The first-order valence-corrected chi connectivity index (χ1v) is 10.0. The first kappa shape index (κ1) is 21.6. The number of benzene rings is 2. The Morgan fingerprint density at radius 3 is 2.43 bits per heavy atom. The summed E-state index contributed by atoms with van der Waals surface area (Å²) in [5.74, 6) is 0.676. The third-order valence-corrected chi connectivity index (χ3v) is 4.88. The fourth-order valence-electron chi connectivity index (χ4n) is 3.01. The number of hydrogen-bond donors (Lipinski definition) is 0. The summed E-state index contributed by atoms with van der Waals surface area (Å²) < 4.78 is 22.0. The van der Waals surface area contributed by atoms with Crippen LogP contribution in [0.3, 0.4) is 0 Å². The van der Waals surface area contributed by atoms with E-state index in [0.29, 0.717) is 55.7 Å². The largest absolute Gasteiger partial charge is 0.490 e. The molecule has 1 aliphatic rings. The van der Waals surface area contributed by atoms with E-state index in [2.05, 4.69) is 0 Å². The van der Waals surface area contributed by atoms with Crippen molar-refractivity contribution in [2.24, 2.45) is 0 Å². The molecule has 30 heavy (non-hydrogen) atoms. The van der Waals surface area contributed by atoms with Gasteiger partial charge in [0.05, 0.1) is 25.4 Å². The zero-order chi connectivity index (χ0) is 21.5. The van der Waals surface area contributed by atoms with Crippen molar-refractivity contribution in [2.45, 2.75) is 20.8 Å². The molecule has 3 rings (SSSR count). The Bertz CT molecular complexity index is 905. The maximum atomic E-state index is 12.6. The van der Waals surface area contributed by atoms with E-state index in [0.717, 1.165) is 11.1 Å². The number of carbonyl (C=O) groups excluding carboxylic acids is 2. The molecular formula is C23H27NO6. The number of rotatable bonds is 7. The van der Waals surface area contributed by atoms with Gasteiger partial charge in [-0.2, -0.15) is 0 Å². The highest BCUT2D eigenvalue weighted by molar-refractivity contribution is 5.92. The summed E-state index contributed by atoms with van der Waals surface area (Å²) in [6.45, 7) is 8.27. The van der Waals surface area contributed by atoms with Gasteiger partial charge in [0.2, 0.25) is 0 Å². The molecule has 1 fully saturated rings. The molecule has 1 aliphatic heterocycles. The predicted molar refractivity (Wildman–Crippen MR) is 111 cm³/mol. The molecule has 0 spiro atoms. The lowest BCUT2D eigenvalue weighted by molar-refractivity contribution is -0.137. The van der Waals surface area contributed by atoms with E-state index in [1.807, 2.05) is 32.9 Å². The number of esters is 1. The van der Waals surface area contributed by atoms with Crippen LogP contribution in [-0.4, -0.2) is 56.3 Å². The topological polar surface area (TPSA) is 74.3 Å². The highest BCUT2D eigenvalue weighted by atomic mass is 16.5. The van der Waals surface area contributed by atoms with Gasteiger partial charge in [0.15, 0.2) is 18.1 Å². The van der Waals surface area contributed by atoms with Crippen LogP contribution in [0.1, 0.15) is 28.4 Å². The number of aryl methyl sites for hydroxylation is 2. The lowest BCUT2D eigenvalue weighted by atomic mass is 10.1. The van der Waals surface area contributed by atoms with E-state index in [1.165, 1.54) is 0 Å². The molecule has 2 aromatic rings. The minimum Gasteiger partial charge on any atom is -0.490 e. The van der Waals surface area contributed by atoms with Gasteiger partial charge in [-0.15, -0.1) is 0 Å². The van der Waals surface area contributed by atoms with Crippen molar-refractivity contribution in [3.63, 3.8) is 0 Å². The highest BCUT2D eigenvalue weighted by Crippen LogP contribution is 2.29. The molecule has 0 atom stereocenters. The molecule has 0 saturated carbocycles. The van der Waals surface area contributed by atoms with E-state index >= 15 is 0 Å². The average molecular weight is 413 g/mol. The van der Waals surface area contributed by atoms with Gasteiger partial charge in [-0.1, -0.05) is 6.07 Å². The Morgan fingerprint density at radius 1 is 0.967 bits per heavy atom. The predicted octanol–water partition coefficient (Wildman–Crippen LogP) is 3.16. The molecule has 7 nitrogen and oxygen atoms in total. The van der Waals surface area contributed by atoms with Gasteiger partial charge in [-0.3, -0.25) is 4.79 Å². The van der Waals surface area contributed by atoms with Crippen LogP contribution in [0.5, 0.6) is 17.2 Å². The summed E-state index contributed by atoms with van der Waals surface area (Å²) in [6, 6.07) is 10.3. The highest BCUT2D eigenvalue weighted by Gasteiger charge is 2.19. The molecule has 0 aliphatic carbocycles. The van der Waals surface area contributed by atoms with Crippen molar-refractivity contribution in [1.29, 1.82) is 0 Å². The summed E-state index contributed by atoms with van der Waals surface area (Å²) in [7, 11) is 0. The standard InChI is InChI=1S/C23H27NO6/c1-4-28-21-14-18(23(26)30-19-7-5-16(2)17(3)13-19)6-8-20(21)29-15-22(25)24-9-11-27-12-10-24/h5-8,13-14H,4,9-12,15H2,1-3H3. The van der Waals surface area contributed by atoms with E-state index in [-0.39, 0.29) is 12.5 Å². The van der Waals surface area contributed by atoms with Crippen molar-refractivity contribution >= 4 is 11.9 Å². The van der Waals surface area contributed by atoms with Crippen LogP contribution in [0.15, 0.2) is 36.4 Å². The maximum absolute atomic E-state index is 12.6. The van der Waals surface area contributed by atoms with Crippen molar-refractivity contribution in [3.05, 3.63) is 53.1 Å². The SMILES string of the molecule is CCOc1cc(C(=O)Oc2ccc(C)c(C)c2)ccc1OCC(=O)N1CCOCC1. The number of ether oxygens (including phenoxy) is 4. The molecule has 0 N–H and O–H groups in total. The van der Waals surface area contributed by atoms with Gasteiger partial charge in [0.1, 0.15) is 5.75 Å². The van der Waals surface area contributed by atoms with Crippen LogP contribution in [0, 0.1) is 13.8 Å². The summed E-state index contributed by atoms with van der Waals surface area (Å²) in [5, 5.41) is 0. The minimum absolute atomic E-state index is 0.105. The summed E-state index contributed by atoms with van der Waals surface area (Å²) >= 11 is 0. The van der Waals surface area contributed by atoms with Crippen LogP contribution in [0.2, 0.25) is 0 Å². The molecule has 1 saturated heterocycles. The molecule has 0 unspecified atom stereocenters. The summed E-state index contributed by atoms with van der Waals surface area (Å²) in [4.78, 5) is 26.6. The van der Waals surface area contributed by atoms with Gasteiger partial charge >= 0.3 is 5.97 Å². The van der Waals surface area contributed by atoms with E-state index in [4.69, 9.17) is 18.9 Å². The van der Waals surface area contributed by atoms with Crippen LogP contribution in [0.4, 0.5) is 0 Å². The van der Waals surface area contributed by atoms with E-state index in [1.54, 1.807) is 29.2 Å². The van der Waals surface area contributed by atoms with Gasteiger partial charge in [-0.25, -0.2) is 4.79 Å². The van der Waals surface area contributed by atoms with Crippen LogP contribution in [-0.2, 0) is 9.53 Å². The smallest absolute Gasteiger partial charge is 0.343 e. The van der Waals surface area contributed by atoms with Gasteiger partial charge in [0, 0.05) is 13.1 Å². The zero-order valence-corrected chi connectivity index (χ0v) is 17.6. The Morgan fingerprint density at radius 2 is 1.73 bits per heavy atom. The summed E-state index contributed by atoms with van der Waals surface area (Å²) in [6.07, 6.45) is 0. The normalized spacial score (nSPS) is 13.6. The molecule has 7 heteroatoms.